The zero-order valence-electron chi connectivity index (χ0n) is 8.63. The normalized spacial score (nSPS) is 58.2. The number of rotatable bonds is 1. The van der Waals surface area contributed by atoms with Crippen LogP contribution in [-0.4, -0.2) is 54.6 Å². The van der Waals surface area contributed by atoms with Gasteiger partial charge >= 0.3 is 0 Å². The van der Waals surface area contributed by atoms with E-state index in [1.165, 1.54) is 0 Å². The van der Waals surface area contributed by atoms with E-state index in [-0.39, 0.29) is 30.8 Å². The molecule has 86 valence electrons. The number of hydrogen-bond donors (Lipinski definition) is 2. The first-order chi connectivity index (χ1) is 7.18. The van der Waals surface area contributed by atoms with Gasteiger partial charge in [0.1, 0.15) is 11.7 Å². The molecule has 0 radical (unpaired) electrons. The summed E-state index contributed by atoms with van der Waals surface area (Å²) in [6, 6.07) is 0. The molecule has 0 unspecified atom stereocenters. The van der Waals surface area contributed by atoms with Gasteiger partial charge < -0.3 is 24.4 Å². The van der Waals surface area contributed by atoms with E-state index in [0.29, 0.717) is 6.61 Å². The number of aliphatic hydroxyl groups excluding tert-OH is 1. The number of methoxy groups -OCH3 is 1. The Kier molecular flexibility index (Phi) is 2.10. The van der Waals surface area contributed by atoms with Crippen LogP contribution in [0.1, 0.15) is 6.42 Å². The molecule has 0 amide bonds. The Morgan fingerprint density at radius 2 is 2.20 bits per heavy atom. The highest BCUT2D eigenvalue weighted by molar-refractivity contribution is 5.13. The number of ether oxygens (including phenoxy) is 3. The maximum absolute atomic E-state index is 10.4. The molecule has 3 rings (SSSR count). The first-order valence-electron chi connectivity index (χ1n) is 5.35. The molecule has 5 nitrogen and oxygen atoms in total. The molecular formula is C10H16O5. The van der Waals surface area contributed by atoms with Crippen LogP contribution in [0.25, 0.3) is 0 Å². The van der Waals surface area contributed by atoms with Crippen molar-refractivity contribution in [2.75, 3.05) is 20.3 Å². The van der Waals surface area contributed by atoms with Crippen molar-refractivity contribution in [1.29, 1.82) is 0 Å². The van der Waals surface area contributed by atoms with Gasteiger partial charge in [-0.05, 0) is 6.42 Å². The molecule has 3 fully saturated rings. The molecule has 2 N–H and O–H groups in total. The minimum absolute atomic E-state index is 0.135. The van der Waals surface area contributed by atoms with Crippen molar-refractivity contribution in [3.63, 3.8) is 0 Å². The summed E-state index contributed by atoms with van der Waals surface area (Å²) in [6.07, 6.45) is -0.731. The summed E-state index contributed by atoms with van der Waals surface area (Å²) in [5.74, 6) is -0.0116. The molecule has 2 heterocycles. The summed E-state index contributed by atoms with van der Waals surface area (Å²) in [6.45, 7) is 0.744. The average molecular weight is 216 g/mol. The summed E-state index contributed by atoms with van der Waals surface area (Å²) in [7, 11) is 1.57. The van der Waals surface area contributed by atoms with E-state index in [1.54, 1.807) is 7.11 Å². The van der Waals surface area contributed by atoms with Crippen molar-refractivity contribution < 1.29 is 24.4 Å². The topological polar surface area (TPSA) is 68.2 Å². The van der Waals surface area contributed by atoms with E-state index in [0.717, 1.165) is 6.42 Å². The monoisotopic (exact) mass is 216 g/mol. The fourth-order valence-corrected chi connectivity index (χ4v) is 3.35. The van der Waals surface area contributed by atoms with Gasteiger partial charge in [-0.25, -0.2) is 0 Å². The fraction of sp³-hybridized carbons (Fsp3) is 1.00. The third-order valence-corrected chi connectivity index (χ3v) is 4.06. The zero-order chi connectivity index (χ0) is 10.6. The van der Waals surface area contributed by atoms with Gasteiger partial charge in [0.15, 0.2) is 6.29 Å². The van der Waals surface area contributed by atoms with Crippen LogP contribution in [-0.2, 0) is 14.2 Å². The van der Waals surface area contributed by atoms with Gasteiger partial charge in [0.05, 0.1) is 19.3 Å². The van der Waals surface area contributed by atoms with Crippen molar-refractivity contribution in [1.82, 2.24) is 0 Å². The highest BCUT2D eigenvalue weighted by atomic mass is 16.7. The lowest BCUT2D eigenvalue weighted by molar-refractivity contribution is -0.178. The van der Waals surface area contributed by atoms with Crippen LogP contribution in [0.15, 0.2) is 0 Å². The van der Waals surface area contributed by atoms with Crippen LogP contribution >= 0.6 is 0 Å². The Bertz CT molecular complexity index is 271. The Balaban J connectivity index is 1.98. The summed E-state index contributed by atoms with van der Waals surface area (Å²) < 4.78 is 16.1. The van der Waals surface area contributed by atoms with E-state index < -0.39 is 11.7 Å². The molecule has 0 aromatic carbocycles. The van der Waals surface area contributed by atoms with E-state index in [4.69, 9.17) is 14.2 Å². The molecule has 0 spiro atoms. The molecule has 2 saturated heterocycles. The number of hydrogen-bond acceptors (Lipinski definition) is 5. The van der Waals surface area contributed by atoms with E-state index in [9.17, 15) is 10.2 Å². The second-order valence-electron chi connectivity index (χ2n) is 4.66. The number of aliphatic hydroxyl groups is 2. The van der Waals surface area contributed by atoms with Crippen LogP contribution in [0.3, 0.4) is 0 Å². The van der Waals surface area contributed by atoms with Gasteiger partial charge in [-0.1, -0.05) is 0 Å². The first kappa shape index (κ1) is 9.99. The highest BCUT2D eigenvalue weighted by Crippen LogP contribution is 2.52. The van der Waals surface area contributed by atoms with Gasteiger partial charge in [-0.2, -0.15) is 0 Å². The lowest BCUT2D eigenvalue weighted by Crippen LogP contribution is -2.47. The van der Waals surface area contributed by atoms with Crippen LogP contribution in [0.5, 0.6) is 0 Å². The van der Waals surface area contributed by atoms with Crippen LogP contribution < -0.4 is 0 Å². The average Bonchev–Trinajstić information content (AvgIpc) is 2.69. The van der Waals surface area contributed by atoms with Crippen molar-refractivity contribution in [2.24, 2.45) is 11.8 Å². The molecule has 0 aromatic heterocycles. The minimum Gasteiger partial charge on any atom is -0.387 e. The maximum Gasteiger partial charge on any atom is 0.163 e. The second-order valence-corrected chi connectivity index (χ2v) is 4.66. The Morgan fingerprint density at radius 1 is 1.40 bits per heavy atom. The SMILES string of the molecule is CO[C@H]1[C@@H]2CCO[C@@H]3OC[C@@](O)([C@H]32)[C@@H]1O. The molecule has 2 aliphatic heterocycles. The summed E-state index contributed by atoms with van der Waals surface area (Å²) in [4.78, 5) is 0. The molecule has 1 aliphatic carbocycles. The largest absolute Gasteiger partial charge is 0.387 e. The molecule has 5 heteroatoms. The van der Waals surface area contributed by atoms with E-state index in [2.05, 4.69) is 0 Å². The standard InChI is InChI=1S/C10H16O5/c1-13-7-5-2-3-14-9-6(5)10(12,4-15-9)8(7)11/h5-9,11-12H,2-4H2,1H3/t5-,6+,7+,8-,9-,10-/m1/s1. The van der Waals surface area contributed by atoms with Crippen LogP contribution in [0.2, 0.25) is 0 Å². The Labute approximate surface area is 87.9 Å². The quantitative estimate of drug-likeness (QED) is 0.595. The molecule has 15 heavy (non-hydrogen) atoms. The smallest absolute Gasteiger partial charge is 0.163 e. The van der Waals surface area contributed by atoms with Crippen LogP contribution in [0, 0.1) is 11.8 Å². The first-order valence-corrected chi connectivity index (χ1v) is 5.35. The Morgan fingerprint density at radius 3 is 2.93 bits per heavy atom. The predicted molar refractivity (Wildman–Crippen MR) is 49.0 cm³/mol. The molecule has 6 atom stereocenters. The lowest BCUT2D eigenvalue weighted by atomic mass is 9.84. The van der Waals surface area contributed by atoms with Gasteiger partial charge in [-0.15, -0.1) is 0 Å². The summed E-state index contributed by atoms with van der Waals surface area (Å²) in [5, 5.41) is 20.4. The van der Waals surface area contributed by atoms with Crippen molar-refractivity contribution in [3.05, 3.63) is 0 Å². The Hall–Kier alpha value is -0.200. The van der Waals surface area contributed by atoms with Crippen molar-refractivity contribution >= 4 is 0 Å². The molecule has 0 bridgehead atoms. The third-order valence-electron chi connectivity index (χ3n) is 4.06. The highest BCUT2D eigenvalue weighted by Gasteiger charge is 2.67. The fourth-order valence-electron chi connectivity index (χ4n) is 3.35. The summed E-state index contributed by atoms with van der Waals surface area (Å²) >= 11 is 0. The van der Waals surface area contributed by atoms with Gasteiger partial charge in [0, 0.05) is 18.9 Å². The van der Waals surface area contributed by atoms with Gasteiger partial charge in [0.25, 0.3) is 0 Å². The zero-order valence-corrected chi connectivity index (χ0v) is 8.63. The third kappa shape index (κ3) is 1.10. The van der Waals surface area contributed by atoms with Crippen molar-refractivity contribution in [2.45, 2.75) is 30.5 Å². The second kappa shape index (κ2) is 3.15. The van der Waals surface area contributed by atoms with E-state index in [1.807, 2.05) is 0 Å². The molecule has 3 aliphatic rings. The van der Waals surface area contributed by atoms with Crippen molar-refractivity contribution in [3.8, 4) is 0 Å². The van der Waals surface area contributed by atoms with E-state index >= 15 is 0 Å². The summed E-state index contributed by atoms with van der Waals surface area (Å²) in [5.41, 5.74) is -1.18. The van der Waals surface area contributed by atoms with Gasteiger partial charge in [-0.3, -0.25) is 0 Å². The van der Waals surface area contributed by atoms with Crippen LogP contribution in [0.4, 0.5) is 0 Å². The predicted octanol–water partition coefficient (Wildman–Crippen LogP) is -0.884. The lowest BCUT2D eigenvalue weighted by Gasteiger charge is -2.32. The maximum atomic E-state index is 10.4. The molecule has 1 saturated carbocycles. The molecule has 0 aromatic rings. The van der Waals surface area contributed by atoms with Gasteiger partial charge in [0.2, 0.25) is 0 Å². The molecular weight excluding hydrogens is 200 g/mol. The minimum atomic E-state index is -1.18.